The minimum Gasteiger partial charge on any atom is -0.379 e. The molecule has 18 heavy (non-hydrogen) atoms. The Hall–Kier alpha value is -0.910. The lowest BCUT2D eigenvalue weighted by molar-refractivity contribution is 0.128. The first-order valence-corrected chi connectivity index (χ1v) is 6.46. The summed E-state index contributed by atoms with van der Waals surface area (Å²) in [5.74, 6) is 1.31. The van der Waals surface area contributed by atoms with Crippen molar-refractivity contribution in [3.05, 3.63) is 17.0 Å². The minimum atomic E-state index is -0.0828. The van der Waals surface area contributed by atoms with E-state index in [4.69, 9.17) is 21.1 Å². The zero-order valence-corrected chi connectivity index (χ0v) is 11.5. The average molecular weight is 272 g/mol. The van der Waals surface area contributed by atoms with Gasteiger partial charge >= 0.3 is 0 Å². The number of aromatic nitrogens is 2. The highest BCUT2D eigenvalue weighted by Crippen LogP contribution is 2.23. The Balaban J connectivity index is 2.09. The summed E-state index contributed by atoms with van der Waals surface area (Å²) in [5.41, 5.74) is -0.0828. The molecule has 1 aliphatic heterocycles. The number of ether oxygens (including phenoxy) is 2. The second-order valence-electron chi connectivity index (χ2n) is 4.62. The summed E-state index contributed by atoms with van der Waals surface area (Å²) in [6, 6.07) is 1.72. The standard InChI is InChI=1S/C12H18ClN3O2/c1-3-17-7-11-14-9(13)6-10(15-11)16-12(2)4-5-18-8-12/h6H,3-5,7-8H2,1-2H3,(H,14,15,16). The molecule has 1 aromatic rings. The molecule has 0 radical (unpaired) electrons. The molecule has 0 aromatic carbocycles. The third-order valence-corrected chi connectivity index (χ3v) is 3.02. The molecule has 100 valence electrons. The topological polar surface area (TPSA) is 56.3 Å². The van der Waals surface area contributed by atoms with Gasteiger partial charge in [0.15, 0.2) is 5.82 Å². The Labute approximate surface area is 112 Å². The van der Waals surface area contributed by atoms with Crippen molar-refractivity contribution in [2.45, 2.75) is 32.4 Å². The van der Waals surface area contributed by atoms with Gasteiger partial charge in [0.2, 0.25) is 0 Å². The summed E-state index contributed by atoms with van der Waals surface area (Å²) in [5, 5.41) is 3.78. The summed E-state index contributed by atoms with van der Waals surface area (Å²) < 4.78 is 10.7. The van der Waals surface area contributed by atoms with Crippen LogP contribution in [0.25, 0.3) is 0 Å². The maximum absolute atomic E-state index is 5.98. The van der Waals surface area contributed by atoms with Crippen molar-refractivity contribution in [3.63, 3.8) is 0 Å². The number of hydrogen-bond donors (Lipinski definition) is 1. The van der Waals surface area contributed by atoms with E-state index < -0.39 is 0 Å². The van der Waals surface area contributed by atoms with E-state index in [0.717, 1.165) is 18.8 Å². The zero-order chi connectivity index (χ0) is 13.0. The van der Waals surface area contributed by atoms with Crippen molar-refractivity contribution < 1.29 is 9.47 Å². The Morgan fingerprint density at radius 2 is 2.39 bits per heavy atom. The van der Waals surface area contributed by atoms with Gasteiger partial charge in [0.25, 0.3) is 0 Å². The molecule has 0 spiro atoms. The second kappa shape index (κ2) is 5.82. The molecule has 1 fully saturated rings. The quantitative estimate of drug-likeness (QED) is 0.833. The van der Waals surface area contributed by atoms with E-state index in [1.54, 1.807) is 6.07 Å². The van der Waals surface area contributed by atoms with Crippen LogP contribution in [0.5, 0.6) is 0 Å². The van der Waals surface area contributed by atoms with E-state index in [1.165, 1.54) is 0 Å². The van der Waals surface area contributed by atoms with E-state index in [0.29, 0.717) is 30.8 Å². The van der Waals surface area contributed by atoms with Crippen molar-refractivity contribution >= 4 is 17.4 Å². The Morgan fingerprint density at radius 3 is 3.06 bits per heavy atom. The highest BCUT2D eigenvalue weighted by Gasteiger charge is 2.29. The molecule has 2 heterocycles. The SMILES string of the molecule is CCOCc1nc(Cl)cc(NC2(C)CCOC2)n1. The first kappa shape index (κ1) is 13.5. The molecule has 0 bridgehead atoms. The molecular formula is C12H18ClN3O2. The van der Waals surface area contributed by atoms with Gasteiger partial charge in [-0.3, -0.25) is 0 Å². The normalized spacial score (nSPS) is 23.3. The van der Waals surface area contributed by atoms with E-state index >= 15 is 0 Å². The predicted octanol–water partition coefficient (Wildman–Crippen LogP) is 2.26. The van der Waals surface area contributed by atoms with Crippen LogP contribution in [-0.4, -0.2) is 35.3 Å². The summed E-state index contributed by atoms with van der Waals surface area (Å²) in [4.78, 5) is 8.52. The highest BCUT2D eigenvalue weighted by molar-refractivity contribution is 6.29. The monoisotopic (exact) mass is 271 g/mol. The van der Waals surface area contributed by atoms with Crippen LogP contribution in [0.15, 0.2) is 6.07 Å². The zero-order valence-electron chi connectivity index (χ0n) is 10.7. The third kappa shape index (κ3) is 3.54. The van der Waals surface area contributed by atoms with Crippen LogP contribution in [0.3, 0.4) is 0 Å². The van der Waals surface area contributed by atoms with E-state index in [1.807, 2.05) is 6.92 Å². The molecule has 1 N–H and O–H groups in total. The van der Waals surface area contributed by atoms with Crippen LogP contribution >= 0.6 is 11.6 Å². The van der Waals surface area contributed by atoms with Gasteiger partial charge in [-0.05, 0) is 20.3 Å². The summed E-state index contributed by atoms with van der Waals surface area (Å²) in [7, 11) is 0. The number of halogens is 1. The minimum absolute atomic E-state index is 0.0828. The van der Waals surface area contributed by atoms with Crippen LogP contribution < -0.4 is 5.32 Å². The number of anilines is 1. The van der Waals surface area contributed by atoms with Crippen molar-refractivity contribution in [1.82, 2.24) is 9.97 Å². The molecular weight excluding hydrogens is 254 g/mol. The molecule has 1 unspecified atom stereocenters. The van der Waals surface area contributed by atoms with Crippen molar-refractivity contribution in [2.75, 3.05) is 25.1 Å². The molecule has 1 aromatic heterocycles. The molecule has 1 atom stereocenters. The van der Waals surface area contributed by atoms with Gasteiger partial charge in [-0.15, -0.1) is 0 Å². The predicted molar refractivity (Wildman–Crippen MR) is 69.8 cm³/mol. The molecule has 2 rings (SSSR count). The van der Waals surface area contributed by atoms with Crippen molar-refractivity contribution in [1.29, 1.82) is 0 Å². The molecule has 0 aliphatic carbocycles. The molecule has 1 aliphatic rings. The summed E-state index contributed by atoms with van der Waals surface area (Å²) in [6.45, 7) is 6.49. The molecule has 5 nitrogen and oxygen atoms in total. The fourth-order valence-electron chi connectivity index (χ4n) is 1.86. The third-order valence-electron chi connectivity index (χ3n) is 2.83. The Bertz CT molecular complexity index is 408. The molecule has 0 amide bonds. The van der Waals surface area contributed by atoms with Crippen molar-refractivity contribution in [3.8, 4) is 0 Å². The van der Waals surface area contributed by atoms with Gasteiger partial charge in [0, 0.05) is 19.3 Å². The Morgan fingerprint density at radius 1 is 1.56 bits per heavy atom. The van der Waals surface area contributed by atoms with Crippen molar-refractivity contribution in [2.24, 2.45) is 0 Å². The lowest BCUT2D eigenvalue weighted by Crippen LogP contribution is -2.35. The van der Waals surface area contributed by atoms with Gasteiger partial charge in [-0.1, -0.05) is 11.6 Å². The lowest BCUT2D eigenvalue weighted by atomic mass is 10.0. The van der Waals surface area contributed by atoms with Crippen LogP contribution in [0.2, 0.25) is 5.15 Å². The van der Waals surface area contributed by atoms with E-state index in [2.05, 4.69) is 22.2 Å². The molecule has 0 saturated carbocycles. The number of hydrogen-bond acceptors (Lipinski definition) is 5. The van der Waals surface area contributed by atoms with Crippen LogP contribution in [-0.2, 0) is 16.1 Å². The lowest BCUT2D eigenvalue weighted by Gasteiger charge is -2.24. The largest absolute Gasteiger partial charge is 0.379 e. The highest BCUT2D eigenvalue weighted by atomic mass is 35.5. The number of nitrogens with zero attached hydrogens (tertiary/aromatic N) is 2. The van der Waals surface area contributed by atoms with E-state index in [9.17, 15) is 0 Å². The number of nitrogens with one attached hydrogen (secondary N) is 1. The molecule has 1 saturated heterocycles. The summed E-state index contributed by atoms with van der Waals surface area (Å²) in [6.07, 6.45) is 0.954. The van der Waals surface area contributed by atoms with Crippen LogP contribution in [0.1, 0.15) is 26.1 Å². The summed E-state index contributed by atoms with van der Waals surface area (Å²) >= 11 is 5.98. The first-order chi connectivity index (χ1) is 8.61. The van der Waals surface area contributed by atoms with Crippen LogP contribution in [0, 0.1) is 0 Å². The Kier molecular flexibility index (Phi) is 4.37. The first-order valence-electron chi connectivity index (χ1n) is 6.08. The van der Waals surface area contributed by atoms with E-state index in [-0.39, 0.29) is 5.54 Å². The maximum atomic E-state index is 5.98. The van der Waals surface area contributed by atoms with Gasteiger partial charge < -0.3 is 14.8 Å². The van der Waals surface area contributed by atoms with Gasteiger partial charge in [-0.25, -0.2) is 9.97 Å². The average Bonchev–Trinajstić information content (AvgIpc) is 2.72. The van der Waals surface area contributed by atoms with Gasteiger partial charge in [-0.2, -0.15) is 0 Å². The smallest absolute Gasteiger partial charge is 0.158 e. The number of rotatable bonds is 5. The molecule has 6 heteroatoms. The second-order valence-corrected chi connectivity index (χ2v) is 5.00. The maximum Gasteiger partial charge on any atom is 0.158 e. The van der Waals surface area contributed by atoms with Gasteiger partial charge in [0.1, 0.15) is 17.6 Å². The fraction of sp³-hybridized carbons (Fsp3) is 0.667. The fourth-order valence-corrected chi connectivity index (χ4v) is 2.06. The van der Waals surface area contributed by atoms with Crippen LogP contribution in [0.4, 0.5) is 5.82 Å². The van der Waals surface area contributed by atoms with Gasteiger partial charge in [0.05, 0.1) is 12.1 Å².